The number of ketones is 1. The number of hydrogen-bond acceptors (Lipinski definition) is 7. The summed E-state index contributed by atoms with van der Waals surface area (Å²) in [7, 11) is 0.176. The smallest absolute Gasteiger partial charge is 0.198 e. The highest BCUT2D eigenvalue weighted by Gasteiger charge is 2.27. The molecule has 2 aromatic heterocycles. The standard InChI is InChI=1S/C35H39F2N3O5Si/c1-22(26-19-44-20-26)12-27(41)13-23-14-29(36)34(30(37)15-23)45-31-8-9-39-35-33(31)28(18-40(35)21-43-10-11-46(3,4)5)24-6-7-25(17-38)32(16-24)42-2/h6-9,14-16,18,22,26H,10-13,19-21H2,1-5H3. The average molecular weight is 648 g/mol. The lowest BCUT2D eigenvalue weighted by Gasteiger charge is -2.31. The number of nitriles is 1. The summed E-state index contributed by atoms with van der Waals surface area (Å²) in [6.07, 6.45) is 3.61. The van der Waals surface area contributed by atoms with Gasteiger partial charge < -0.3 is 23.5 Å². The van der Waals surface area contributed by atoms with Crippen molar-refractivity contribution >= 4 is 24.9 Å². The highest BCUT2D eigenvalue weighted by Crippen LogP contribution is 2.40. The molecule has 11 heteroatoms. The van der Waals surface area contributed by atoms with Gasteiger partial charge in [0.2, 0.25) is 0 Å². The largest absolute Gasteiger partial charge is 0.495 e. The molecule has 0 radical (unpaired) electrons. The van der Waals surface area contributed by atoms with Gasteiger partial charge in [-0.25, -0.2) is 13.8 Å². The summed E-state index contributed by atoms with van der Waals surface area (Å²) in [5.74, 6) is -1.43. The van der Waals surface area contributed by atoms with Gasteiger partial charge in [-0.3, -0.25) is 4.79 Å². The highest BCUT2D eigenvalue weighted by atomic mass is 28.3. The molecular formula is C35H39F2N3O5Si. The Bertz CT molecular complexity index is 1750. The van der Waals surface area contributed by atoms with E-state index in [1.165, 1.54) is 13.3 Å². The van der Waals surface area contributed by atoms with Gasteiger partial charge in [-0.1, -0.05) is 32.6 Å². The van der Waals surface area contributed by atoms with E-state index >= 15 is 8.78 Å². The van der Waals surface area contributed by atoms with Gasteiger partial charge >= 0.3 is 0 Å². The van der Waals surface area contributed by atoms with Crippen molar-refractivity contribution in [3.05, 3.63) is 71.6 Å². The molecule has 242 valence electrons. The molecule has 5 rings (SSSR count). The van der Waals surface area contributed by atoms with Gasteiger partial charge in [0.1, 0.15) is 35.7 Å². The predicted octanol–water partition coefficient (Wildman–Crippen LogP) is 7.75. The monoisotopic (exact) mass is 647 g/mol. The number of nitrogens with zero attached hydrogens (tertiary/aromatic N) is 3. The van der Waals surface area contributed by atoms with Crippen LogP contribution in [0.2, 0.25) is 25.7 Å². The summed E-state index contributed by atoms with van der Waals surface area (Å²) < 4.78 is 55.3. The van der Waals surface area contributed by atoms with Crippen LogP contribution in [0.4, 0.5) is 8.78 Å². The Morgan fingerprint density at radius 2 is 1.89 bits per heavy atom. The van der Waals surface area contributed by atoms with E-state index in [9.17, 15) is 10.1 Å². The van der Waals surface area contributed by atoms with E-state index in [0.29, 0.717) is 65.6 Å². The first-order valence-corrected chi connectivity index (χ1v) is 19.1. The summed E-state index contributed by atoms with van der Waals surface area (Å²) in [5, 5.41) is 10.0. The third kappa shape index (κ3) is 7.63. The molecule has 0 saturated carbocycles. The Kier molecular flexibility index (Phi) is 10.2. The third-order valence-electron chi connectivity index (χ3n) is 8.27. The number of methoxy groups -OCH3 is 1. The maximum atomic E-state index is 15.4. The van der Waals surface area contributed by atoms with E-state index in [1.54, 1.807) is 24.3 Å². The number of fused-ring (bicyclic) bond motifs is 1. The number of carbonyl (C=O) groups excluding carboxylic acids is 1. The maximum Gasteiger partial charge on any atom is 0.198 e. The second kappa shape index (κ2) is 14.1. The zero-order valence-corrected chi connectivity index (χ0v) is 27.9. The minimum absolute atomic E-state index is 0.0727. The van der Waals surface area contributed by atoms with Gasteiger partial charge in [-0.05, 0) is 53.4 Å². The molecule has 8 nitrogen and oxygen atoms in total. The Hall–Kier alpha value is -4.11. The summed E-state index contributed by atoms with van der Waals surface area (Å²) in [4.78, 5) is 17.2. The fraction of sp³-hybridized carbons (Fsp3) is 0.400. The lowest BCUT2D eigenvalue weighted by molar-refractivity contribution is -0.121. The molecule has 0 N–H and O–H groups in total. The molecule has 4 aromatic rings. The molecule has 46 heavy (non-hydrogen) atoms. The Morgan fingerprint density at radius 1 is 1.15 bits per heavy atom. The summed E-state index contributed by atoms with van der Waals surface area (Å²) in [6.45, 7) is 10.9. The Balaban J connectivity index is 1.47. The van der Waals surface area contributed by atoms with Crippen LogP contribution in [0, 0.1) is 34.8 Å². The number of aromatic nitrogens is 2. The van der Waals surface area contributed by atoms with Crippen LogP contribution >= 0.6 is 0 Å². The summed E-state index contributed by atoms with van der Waals surface area (Å²) in [5.41, 5.74) is 2.46. The quantitative estimate of drug-likeness (QED) is 0.102. The van der Waals surface area contributed by atoms with Crippen molar-refractivity contribution in [3.63, 3.8) is 0 Å². The number of carbonyl (C=O) groups is 1. The maximum absolute atomic E-state index is 15.4. The van der Waals surface area contributed by atoms with Crippen LogP contribution in [-0.2, 0) is 27.4 Å². The fourth-order valence-electron chi connectivity index (χ4n) is 5.41. The van der Waals surface area contributed by atoms with Gasteiger partial charge in [0, 0.05) is 51.4 Å². The second-order valence-electron chi connectivity index (χ2n) is 13.1. The minimum atomic E-state index is -1.31. The van der Waals surface area contributed by atoms with Gasteiger partial charge in [0.15, 0.2) is 17.4 Å². The van der Waals surface area contributed by atoms with Crippen LogP contribution in [-0.4, -0.2) is 50.3 Å². The molecule has 2 aromatic carbocycles. The lowest BCUT2D eigenvalue weighted by atomic mass is 9.87. The summed E-state index contributed by atoms with van der Waals surface area (Å²) >= 11 is 0. The van der Waals surface area contributed by atoms with E-state index in [4.69, 9.17) is 18.9 Å². The Labute approximate surface area is 268 Å². The first-order chi connectivity index (χ1) is 22.0. The number of hydrogen-bond donors (Lipinski definition) is 0. The lowest BCUT2D eigenvalue weighted by Crippen LogP contribution is -2.34. The SMILES string of the molecule is COc1cc(-c2cn(COCC[Si](C)(C)C)c3nccc(Oc4c(F)cc(CC(=O)CC(C)C5COC5)cc4F)c23)ccc1C#N. The number of Topliss-reactive ketones (excluding diaryl/α,β-unsaturated/α-hetero) is 1. The zero-order chi connectivity index (χ0) is 33.0. The van der Waals surface area contributed by atoms with E-state index in [2.05, 4.69) is 30.7 Å². The van der Waals surface area contributed by atoms with Gasteiger partial charge in [0.25, 0.3) is 0 Å². The molecule has 1 fully saturated rings. The molecule has 1 aliphatic heterocycles. The van der Waals surface area contributed by atoms with Crippen LogP contribution in [0.5, 0.6) is 17.2 Å². The van der Waals surface area contributed by atoms with E-state index in [-0.39, 0.29) is 36.2 Å². The molecular weight excluding hydrogens is 608 g/mol. The third-order valence-corrected chi connectivity index (χ3v) is 9.97. The number of pyridine rings is 1. The van der Waals surface area contributed by atoms with Crippen molar-refractivity contribution in [3.8, 4) is 34.4 Å². The molecule has 3 heterocycles. The van der Waals surface area contributed by atoms with Crippen LogP contribution in [0.15, 0.2) is 48.8 Å². The first kappa shape index (κ1) is 33.3. The van der Waals surface area contributed by atoms with Crippen molar-refractivity contribution in [1.29, 1.82) is 5.26 Å². The second-order valence-corrected chi connectivity index (χ2v) is 18.7. The summed E-state index contributed by atoms with van der Waals surface area (Å²) in [6, 6.07) is 12.1. The molecule has 1 aliphatic rings. The number of halogens is 2. The fourth-order valence-corrected chi connectivity index (χ4v) is 6.17. The van der Waals surface area contributed by atoms with Crippen LogP contribution < -0.4 is 9.47 Å². The van der Waals surface area contributed by atoms with E-state index in [1.807, 2.05) is 17.7 Å². The van der Waals surface area contributed by atoms with Crippen molar-refractivity contribution in [2.24, 2.45) is 11.8 Å². The van der Waals surface area contributed by atoms with E-state index < -0.39 is 25.5 Å². The molecule has 1 atom stereocenters. The van der Waals surface area contributed by atoms with E-state index in [0.717, 1.165) is 18.2 Å². The van der Waals surface area contributed by atoms with Crippen molar-refractivity contribution in [2.45, 2.75) is 52.2 Å². The number of ether oxygens (including phenoxy) is 4. The molecule has 0 aliphatic carbocycles. The van der Waals surface area contributed by atoms with Crippen molar-refractivity contribution in [1.82, 2.24) is 9.55 Å². The van der Waals surface area contributed by atoms with Crippen LogP contribution in [0.3, 0.4) is 0 Å². The molecule has 1 saturated heterocycles. The average Bonchev–Trinajstić information content (AvgIpc) is 3.34. The normalized spacial score (nSPS) is 14.1. The van der Waals surface area contributed by atoms with Crippen molar-refractivity contribution < 1.29 is 32.5 Å². The van der Waals surface area contributed by atoms with Gasteiger partial charge in [-0.15, -0.1) is 0 Å². The molecule has 0 spiro atoms. The molecule has 0 amide bonds. The molecule has 1 unspecified atom stereocenters. The minimum Gasteiger partial charge on any atom is -0.495 e. The number of benzene rings is 2. The van der Waals surface area contributed by atoms with Crippen LogP contribution in [0.25, 0.3) is 22.2 Å². The zero-order valence-electron chi connectivity index (χ0n) is 26.9. The first-order valence-electron chi connectivity index (χ1n) is 15.4. The molecule has 0 bridgehead atoms. The predicted molar refractivity (Wildman–Crippen MR) is 174 cm³/mol. The Morgan fingerprint density at radius 3 is 2.52 bits per heavy atom. The van der Waals surface area contributed by atoms with Crippen molar-refractivity contribution in [2.75, 3.05) is 26.9 Å². The van der Waals surface area contributed by atoms with Gasteiger partial charge in [0.05, 0.1) is 31.3 Å². The highest BCUT2D eigenvalue weighted by molar-refractivity contribution is 6.76. The topological polar surface area (TPSA) is 95.6 Å². The van der Waals surface area contributed by atoms with Gasteiger partial charge in [-0.2, -0.15) is 5.26 Å². The van der Waals surface area contributed by atoms with Crippen LogP contribution in [0.1, 0.15) is 24.5 Å². The number of rotatable bonds is 14.